The molecule has 1 heterocycles. The third-order valence-corrected chi connectivity index (χ3v) is 4.60. The molecule has 0 unspecified atom stereocenters. The second-order valence-electron chi connectivity index (χ2n) is 6.86. The van der Waals surface area contributed by atoms with Crippen molar-refractivity contribution in [2.45, 2.75) is 57.6 Å². The maximum atomic E-state index is 11.9. The van der Waals surface area contributed by atoms with Crippen LogP contribution in [0, 0.1) is 0 Å². The van der Waals surface area contributed by atoms with Crippen molar-refractivity contribution in [3.05, 3.63) is 0 Å². The molecule has 1 atom stereocenters. The highest BCUT2D eigenvalue weighted by Gasteiger charge is 2.33. The minimum Gasteiger partial charge on any atom is -0.453 e. The third-order valence-electron chi connectivity index (χ3n) is 4.60. The molecule has 6 amide bonds. The summed E-state index contributed by atoms with van der Waals surface area (Å²) in [4.78, 5) is 61.2. The number of ether oxygens (including phenoxy) is 1. The van der Waals surface area contributed by atoms with Crippen LogP contribution in [-0.2, 0) is 19.1 Å². The van der Waals surface area contributed by atoms with Crippen LogP contribution >= 0.6 is 0 Å². The molecule has 2 fully saturated rings. The Morgan fingerprint density at radius 2 is 1.89 bits per heavy atom. The summed E-state index contributed by atoms with van der Waals surface area (Å²) in [6, 6.07) is -0.912. The van der Waals surface area contributed by atoms with Crippen LogP contribution in [0.1, 0.15) is 45.4 Å². The minimum absolute atomic E-state index is 0.0312. The van der Waals surface area contributed by atoms with Crippen LogP contribution in [-0.4, -0.2) is 71.9 Å². The molecule has 0 aromatic heterocycles. The SMILES string of the molecule is C[C@@H](OC(=O)CCCN1C(=O)CN(C)C1=O)C(=O)NC(=O)NC1CCCC1. The van der Waals surface area contributed by atoms with E-state index in [1.54, 1.807) is 0 Å². The number of rotatable bonds is 7. The van der Waals surface area contributed by atoms with E-state index in [-0.39, 0.29) is 37.9 Å². The van der Waals surface area contributed by atoms with Gasteiger partial charge in [0.25, 0.3) is 5.91 Å². The lowest BCUT2D eigenvalue weighted by Gasteiger charge is -2.16. The summed E-state index contributed by atoms with van der Waals surface area (Å²) < 4.78 is 4.99. The number of esters is 1. The molecule has 2 N–H and O–H groups in total. The predicted molar refractivity (Wildman–Crippen MR) is 93.5 cm³/mol. The molecule has 1 saturated carbocycles. The van der Waals surface area contributed by atoms with Crippen LogP contribution < -0.4 is 10.6 Å². The van der Waals surface area contributed by atoms with Crippen molar-refractivity contribution in [3.63, 3.8) is 0 Å². The number of imide groups is 2. The molecule has 0 bridgehead atoms. The molecule has 10 heteroatoms. The van der Waals surface area contributed by atoms with E-state index in [0.29, 0.717) is 0 Å². The summed E-state index contributed by atoms with van der Waals surface area (Å²) in [5.41, 5.74) is 0. The van der Waals surface area contributed by atoms with Crippen molar-refractivity contribution < 1.29 is 28.7 Å². The van der Waals surface area contributed by atoms with E-state index in [2.05, 4.69) is 10.6 Å². The molecular formula is C17H26N4O6. The normalized spacial score (nSPS) is 18.6. The van der Waals surface area contributed by atoms with E-state index >= 15 is 0 Å². The standard InChI is InChI=1S/C17H26N4O6/c1-11(15(24)19-16(25)18-12-6-3-4-7-12)27-14(23)8-5-9-21-13(22)10-20(2)17(21)26/h11-12H,3-10H2,1-2H3,(H2,18,19,24,25)/t11-/m1/s1. The van der Waals surface area contributed by atoms with Gasteiger partial charge in [-0.25, -0.2) is 9.59 Å². The zero-order valence-corrected chi connectivity index (χ0v) is 15.7. The number of likely N-dealkylation sites (N-methyl/N-ethyl adjacent to an activating group) is 1. The average Bonchev–Trinajstić information content (AvgIpc) is 3.18. The van der Waals surface area contributed by atoms with Crippen molar-refractivity contribution in [1.29, 1.82) is 0 Å². The summed E-state index contributed by atoms with van der Waals surface area (Å²) in [6.07, 6.45) is 2.96. The third kappa shape index (κ3) is 5.93. The molecule has 0 radical (unpaired) electrons. The van der Waals surface area contributed by atoms with Gasteiger partial charge in [0, 0.05) is 26.1 Å². The molecule has 1 aliphatic heterocycles. The Balaban J connectivity index is 1.65. The van der Waals surface area contributed by atoms with Crippen LogP contribution in [0.15, 0.2) is 0 Å². The van der Waals surface area contributed by atoms with E-state index in [0.717, 1.165) is 30.6 Å². The first kappa shape index (κ1) is 20.7. The monoisotopic (exact) mass is 382 g/mol. The molecule has 0 aromatic carbocycles. The smallest absolute Gasteiger partial charge is 0.326 e. The van der Waals surface area contributed by atoms with Gasteiger partial charge in [-0.2, -0.15) is 0 Å². The van der Waals surface area contributed by atoms with E-state index in [1.807, 2.05) is 0 Å². The Labute approximate surface area is 157 Å². The highest BCUT2D eigenvalue weighted by Crippen LogP contribution is 2.17. The maximum Gasteiger partial charge on any atom is 0.326 e. The van der Waals surface area contributed by atoms with E-state index < -0.39 is 30.0 Å². The van der Waals surface area contributed by atoms with Crippen LogP contribution in [0.25, 0.3) is 0 Å². The van der Waals surface area contributed by atoms with Gasteiger partial charge < -0.3 is 15.0 Å². The zero-order valence-electron chi connectivity index (χ0n) is 15.7. The van der Waals surface area contributed by atoms with E-state index in [1.165, 1.54) is 18.9 Å². The van der Waals surface area contributed by atoms with Gasteiger partial charge in [-0.15, -0.1) is 0 Å². The van der Waals surface area contributed by atoms with Gasteiger partial charge >= 0.3 is 18.0 Å². The molecular weight excluding hydrogens is 356 g/mol. The molecule has 1 saturated heterocycles. The van der Waals surface area contributed by atoms with Crippen molar-refractivity contribution in [2.75, 3.05) is 20.1 Å². The van der Waals surface area contributed by atoms with Gasteiger partial charge in [0.15, 0.2) is 6.10 Å². The maximum absolute atomic E-state index is 11.9. The van der Waals surface area contributed by atoms with Crippen molar-refractivity contribution in [2.24, 2.45) is 0 Å². The van der Waals surface area contributed by atoms with Gasteiger partial charge in [0.05, 0.1) is 0 Å². The largest absolute Gasteiger partial charge is 0.453 e. The fourth-order valence-corrected chi connectivity index (χ4v) is 3.09. The number of hydrogen-bond donors (Lipinski definition) is 2. The first-order valence-electron chi connectivity index (χ1n) is 9.14. The summed E-state index contributed by atoms with van der Waals surface area (Å²) in [7, 11) is 1.53. The lowest BCUT2D eigenvalue weighted by Crippen LogP contribution is -2.47. The number of amides is 6. The highest BCUT2D eigenvalue weighted by molar-refractivity contribution is 6.01. The van der Waals surface area contributed by atoms with E-state index in [4.69, 9.17) is 4.74 Å². The van der Waals surface area contributed by atoms with Crippen molar-refractivity contribution in [1.82, 2.24) is 20.4 Å². The number of carbonyl (C=O) groups excluding carboxylic acids is 5. The van der Waals surface area contributed by atoms with Gasteiger partial charge in [-0.3, -0.25) is 24.6 Å². The fourth-order valence-electron chi connectivity index (χ4n) is 3.09. The van der Waals surface area contributed by atoms with Crippen LogP contribution in [0.3, 0.4) is 0 Å². The number of carbonyl (C=O) groups is 5. The Hall–Kier alpha value is -2.65. The number of nitrogens with one attached hydrogen (secondary N) is 2. The van der Waals surface area contributed by atoms with Gasteiger partial charge in [0.1, 0.15) is 6.54 Å². The second-order valence-corrected chi connectivity index (χ2v) is 6.86. The minimum atomic E-state index is -1.12. The van der Waals surface area contributed by atoms with E-state index in [9.17, 15) is 24.0 Å². The zero-order chi connectivity index (χ0) is 20.0. The first-order valence-corrected chi connectivity index (χ1v) is 9.14. The number of urea groups is 2. The van der Waals surface area contributed by atoms with Crippen LogP contribution in [0.5, 0.6) is 0 Å². The highest BCUT2D eigenvalue weighted by atomic mass is 16.5. The van der Waals surface area contributed by atoms with Gasteiger partial charge in [0.2, 0.25) is 5.91 Å². The molecule has 0 spiro atoms. The fraction of sp³-hybridized carbons (Fsp3) is 0.706. The molecule has 1 aliphatic carbocycles. The molecule has 27 heavy (non-hydrogen) atoms. The van der Waals surface area contributed by atoms with Crippen LogP contribution in [0.2, 0.25) is 0 Å². The summed E-state index contributed by atoms with van der Waals surface area (Å²) in [5, 5.41) is 4.87. The molecule has 0 aromatic rings. The lowest BCUT2D eigenvalue weighted by molar-refractivity contribution is -0.154. The summed E-state index contributed by atoms with van der Waals surface area (Å²) in [5.74, 6) is -1.65. The Bertz CT molecular complexity index is 617. The Kier molecular flexibility index (Phi) is 7.14. The molecule has 150 valence electrons. The lowest BCUT2D eigenvalue weighted by atomic mass is 10.2. The van der Waals surface area contributed by atoms with Crippen molar-refractivity contribution in [3.8, 4) is 0 Å². The number of hydrogen-bond acceptors (Lipinski definition) is 6. The van der Waals surface area contributed by atoms with Crippen LogP contribution in [0.4, 0.5) is 9.59 Å². The Morgan fingerprint density at radius 1 is 1.22 bits per heavy atom. The summed E-state index contributed by atoms with van der Waals surface area (Å²) in [6.45, 7) is 1.52. The van der Waals surface area contributed by atoms with Gasteiger partial charge in [-0.1, -0.05) is 12.8 Å². The molecule has 10 nitrogen and oxygen atoms in total. The first-order chi connectivity index (χ1) is 12.8. The average molecular weight is 382 g/mol. The summed E-state index contributed by atoms with van der Waals surface area (Å²) >= 11 is 0. The quantitative estimate of drug-likeness (QED) is 0.484. The topological polar surface area (TPSA) is 125 Å². The molecule has 2 rings (SSSR count). The van der Waals surface area contributed by atoms with Gasteiger partial charge in [-0.05, 0) is 26.2 Å². The Morgan fingerprint density at radius 3 is 2.48 bits per heavy atom. The number of nitrogens with zero attached hydrogens (tertiary/aromatic N) is 2. The second kappa shape index (κ2) is 9.33. The van der Waals surface area contributed by atoms with Crippen molar-refractivity contribution >= 4 is 29.8 Å². The molecule has 2 aliphatic rings. The predicted octanol–water partition coefficient (Wildman–Crippen LogP) is 0.361.